The molecule has 36 nitrogen and oxygen atoms in total. The maximum Gasteiger partial charge on any atom is 0.329 e. The molecule has 720 valence electrons. The summed E-state index contributed by atoms with van der Waals surface area (Å²) in [7, 11) is 4.56. The van der Waals surface area contributed by atoms with Crippen molar-refractivity contribution in [2.45, 2.75) is 245 Å². The predicted molar refractivity (Wildman–Crippen MR) is 479 cm³/mol. The van der Waals surface area contributed by atoms with E-state index in [0.717, 1.165) is 30.4 Å². The van der Waals surface area contributed by atoms with Crippen LogP contribution in [0.15, 0.2) is 82.7 Å². The summed E-state index contributed by atoms with van der Waals surface area (Å²) in [4.78, 5) is 124. The summed E-state index contributed by atoms with van der Waals surface area (Å²) in [5.41, 5.74) is 16.9. The number of nitrogens with two attached hydrogens (primary N) is 2. The minimum absolute atomic E-state index is 0.0199. The van der Waals surface area contributed by atoms with Crippen LogP contribution in [0.4, 0.5) is 11.8 Å². The van der Waals surface area contributed by atoms with Crippen LogP contribution in [-0.4, -0.2) is 284 Å². The molecule has 9 rings (SSSR count). The summed E-state index contributed by atoms with van der Waals surface area (Å²) < 4.78 is 89.3. The number of nitrogen functional groups attached to an aromatic ring is 2. The van der Waals surface area contributed by atoms with Gasteiger partial charge in [0.05, 0.1) is 128 Å². The Balaban J connectivity index is 0.592. The number of hydrogen-bond acceptors (Lipinski definition) is 33. The number of amides is 1. The summed E-state index contributed by atoms with van der Waals surface area (Å²) in [6.45, 7) is 18.0. The molecule has 2 saturated heterocycles. The average molecular weight is 1820 g/mol. The first kappa shape index (κ1) is 105. The van der Waals surface area contributed by atoms with Crippen LogP contribution in [0.3, 0.4) is 0 Å². The Morgan fingerprint density at radius 3 is 2.08 bits per heavy atom. The van der Waals surface area contributed by atoms with Crippen LogP contribution in [0, 0.1) is 35.5 Å². The largest absolute Gasteiger partial charge is 0.460 e. The van der Waals surface area contributed by atoms with Gasteiger partial charge >= 0.3 is 11.9 Å². The summed E-state index contributed by atoms with van der Waals surface area (Å²) in [6, 6.07) is 4.15. The third-order valence-electron chi connectivity index (χ3n) is 24.5. The maximum absolute atomic E-state index is 14.8. The number of oxazole rings is 1. The highest BCUT2D eigenvalue weighted by Gasteiger charge is 2.53. The lowest BCUT2D eigenvalue weighted by Crippen LogP contribution is -2.61. The molecule has 2 bridgehead atoms. The molecule has 0 unspecified atom stereocenters. The van der Waals surface area contributed by atoms with Crippen molar-refractivity contribution in [3.63, 3.8) is 0 Å². The van der Waals surface area contributed by atoms with Gasteiger partial charge in [0.15, 0.2) is 22.8 Å². The van der Waals surface area contributed by atoms with Crippen molar-refractivity contribution in [3.05, 3.63) is 84.0 Å². The number of methoxy groups -OCH3 is 3. The quantitative estimate of drug-likeness (QED) is 0.0122. The van der Waals surface area contributed by atoms with Crippen LogP contribution in [-0.2, 0) is 118 Å². The second-order valence-electron chi connectivity index (χ2n) is 34.5. The van der Waals surface area contributed by atoms with Gasteiger partial charge in [0.2, 0.25) is 5.79 Å². The Hall–Kier alpha value is -8.86. The SMILES string of the molecule is CO[C@H]1C[C@@H]2CC[C@@H](C)[C@@](O)(O2)C(=O)C(=O)N2CCCC[C@H]2C(=O)O[C@H]([C@H](C)C[C@@H]2CC[C@H](n3cc(COC(=O)CCCOCCOCCOCCOCCC(=O)COCCOCCOCCOCCC(=O)CCCCCn4nc(-c5ccc6oc(N)nc6c5)c5c(N)ncnc54)nn3)[C@H](OC)C2)CC(=O)[C@H](C)/C=C(\C)[C@@H](O)[C@@H](OC)C(=O)[C@H](C)C[C@H](C)/C=C/C=C/C=C/1C. The Morgan fingerprint density at radius 2 is 1.38 bits per heavy atom. The van der Waals surface area contributed by atoms with Gasteiger partial charge in [-0.25, -0.2) is 24.1 Å². The number of carbonyl (C=O) groups is 8. The normalized spacial score (nSPS) is 26.1. The number of hydrogen-bond donors (Lipinski definition) is 4. The number of aromatic nitrogens is 8. The molecule has 36 heteroatoms. The number of nitrogens with zero attached hydrogens (tertiary/aromatic N) is 9. The van der Waals surface area contributed by atoms with E-state index in [0.29, 0.717) is 214 Å². The van der Waals surface area contributed by atoms with E-state index in [-0.39, 0.29) is 118 Å². The number of carbonyl (C=O) groups excluding carboxylic acids is 8. The molecular weight excluding hydrogens is 1680 g/mol. The van der Waals surface area contributed by atoms with Gasteiger partial charge in [-0.15, -0.1) is 5.10 Å². The van der Waals surface area contributed by atoms with Crippen molar-refractivity contribution in [1.29, 1.82) is 0 Å². The molecule has 4 aliphatic rings. The third kappa shape index (κ3) is 32.5. The lowest BCUT2D eigenvalue weighted by atomic mass is 9.77. The first-order valence-corrected chi connectivity index (χ1v) is 46.0. The minimum atomic E-state index is -2.48. The van der Waals surface area contributed by atoms with Crippen molar-refractivity contribution >= 4 is 80.7 Å². The average Bonchev–Trinajstić information content (AvgIpc) is 1.51. The number of ether oxygens (including phenoxy) is 14. The molecule has 1 saturated carbocycles. The molecule has 5 aromatic rings. The van der Waals surface area contributed by atoms with E-state index < -0.39 is 89.6 Å². The zero-order chi connectivity index (χ0) is 93.5. The molecule has 7 heterocycles. The van der Waals surface area contributed by atoms with E-state index in [9.17, 15) is 48.6 Å². The van der Waals surface area contributed by atoms with Crippen molar-refractivity contribution < 1.29 is 119 Å². The topological polar surface area (TPSA) is 462 Å². The van der Waals surface area contributed by atoms with E-state index in [1.807, 2.05) is 68.0 Å². The summed E-state index contributed by atoms with van der Waals surface area (Å²) in [5, 5.41) is 38.0. The predicted octanol–water partition coefficient (Wildman–Crippen LogP) is 9.90. The zero-order valence-corrected chi connectivity index (χ0v) is 77.5. The first-order valence-electron chi connectivity index (χ1n) is 46.0. The highest BCUT2D eigenvalue weighted by molar-refractivity contribution is 6.39. The lowest BCUT2D eigenvalue weighted by molar-refractivity contribution is -0.265. The fourth-order valence-electron chi connectivity index (χ4n) is 16.9. The molecular formula is C94H139N11O25. The highest BCUT2D eigenvalue weighted by atomic mass is 16.6. The Bertz CT molecular complexity index is 4530. The summed E-state index contributed by atoms with van der Waals surface area (Å²) >= 11 is 0. The van der Waals surface area contributed by atoms with Crippen molar-refractivity contribution in [3.8, 4) is 11.3 Å². The number of esters is 2. The van der Waals surface area contributed by atoms with Gasteiger partial charge in [0.25, 0.3) is 17.7 Å². The van der Waals surface area contributed by atoms with Crippen molar-refractivity contribution in [2.75, 3.05) is 145 Å². The van der Waals surface area contributed by atoms with Crippen LogP contribution >= 0.6 is 0 Å². The second-order valence-corrected chi connectivity index (χ2v) is 34.5. The fourth-order valence-corrected chi connectivity index (χ4v) is 16.9. The van der Waals surface area contributed by atoms with E-state index in [1.54, 1.807) is 64.9 Å². The molecule has 0 radical (unpaired) electrons. The highest BCUT2D eigenvalue weighted by Crippen LogP contribution is 2.41. The molecule has 3 fully saturated rings. The Morgan fingerprint density at radius 1 is 0.700 bits per heavy atom. The number of Topliss-reactive ketones (excluding diaryl/α,β-unsaturated/α-hetero) is 5. The Labute approximate surface area is 761 Å². The third-order valence-corrected chi connectivity index (χ3v) is 24.5. The van der Waals surface area contributed by atoms with Crippen LogP contribution in [0.5, 0.6) is 0 Å². The number of piperidine rings is 1. The van der Waals surface area contributed by atoms with Gasteiger partial charge < -0.3 is 97.3 Å². The van der Waals surface area contributed by atoms with Crippen LogP contribution < -0.4 is 11.5 Å². The number of unbranched alkanes of at least 4 members (excludes halogenated alkanes) is 2. The molecule has 1 amide bonds. The number of anilines is 2. The second kappa shape index (κ2) is 55.0. The van der Waals surface area contributed by atoms with Gasteiger partial charge in [-0.1, -0.05) is 82.7 Å². The molecule has 130 heavy (non-hydrogen) atoms. The monoisotopic (exact) mass is 1820 g/mol. The standard InChI is InChI=1S/C94H139N11O25/c1-61-20-13-11-14-21-62(2)79(116-8)55-73-28-25-67(7)94(115,130-73)88(112)91(113)103-33-18-16-23-76(103)92(114)128-80(56-77(108)63(3)51-66(6)86(111)87(118-10)85(110)65(5)50-61)64(4)52-68-26-29-75(81(53-68)117-9)105-57-70(100-102-105)58-127-82(109)24-19-35-119-38-41-122-44-45-124-43-40-121-37-32-72(107)59-126-49-48-125-47-46-123-42-39-120-36-31-71(106)22-15-12-17-34-104-90-83(89(95)97-60-98-90)84(101-104)69-27-30-78-74(54-69)99-93(96)129-78/h11,13-14,20-21,27,30,51,54,57,60-61,63-65,67-68,73,75-76,79-81,86-87,111,115H,12,15-19,22-26,28-29,31-50,52-53,55-56,58-59H2,1-10H3,(H2,96,99)(H2,95,97,98)/b14-11+,20-13+,62-21+,66-51+/t61-,63-,64-,65-,67-,68+,73+,75+,76+,79+,80+,81-,86-,87+,94-/m1/s1. The van der Waals surface area contributed by atoms with Crippen molar-refractivity contribution in [1.82, 2.24) is 44.6 Å². The van der Waals surface area contributed by atoms with Gasteiger partial charge in [0, 0.05) is 103 Å². The fraction of sp³-hybridized carbons (Fsp3) is 0.681. The summed E-state index contributed by atoms with van der Waals surface area (Å²) in [6.07, 6.45) is 18.2. The van der Waals surface area contributed by atoms with E-state index in [4.69, 9.17) is 87.3 Å². The minimum Gasteiger partial charge on any atom is -0.460 e. The number of allylic oxidation sites excluding steroid dienone is 6. The molecule has 6 N–H and O–H groups in total. The maximum atomic E-state index is 14.8. The molecule has 15 atom stereocenters. The molecule has 1 aromatic carbocycles. The molecule has 3 aliphatic heterocycles. The first-order chi connectivity index (χ1) is 62.7. The van der Waals surface area contributed by atoms with Gasteiger partial charge in [-0.05, 0) is 144 Å². The smallest absolute Gasteiger partial charge is 0.329 e. The number of aliphatic hydroxyl groups is 2. The molecule has 1 aliphatic carbocycles. The Kier molecular flexibility index (Phi) is 44.3. The zero-order valence-electron chi connectivity index (χ0n) is 77.5. The van der Waals surface area contributed by atoms with Crippen LogP contribution in [0.2, 0.25) is 0 Å². The van der Waals surface area contributed by atoms with Gasteiger partial charge in [-0.3, -0.25) is 33.6 Å². The van der Waals surface area contributed by atoms with E-state index in [1.165, 1.54) is 18.3 Å². The molecule has 0 spiro atoms. The number of cyclic esters (lactones) is 1. The van der Waals surface area contributed by atoms with E-state index >= 15 is 0 Å². The van der Waals surface area contributed by atoms with Crippen LogP contribution in [0.1, 0.15) is 189 Å². The number of benzene rings is 1. The van der Waals surface area contributed by atoms with Gasteiger partial charge in [0.1, 0.15) is 78.2 Å². The number of rotatable bonds is 46. The van der Waals surface area contributed by atoms with Crippen molar-refractivity contribution in [2.24, 2.45) is 35.5 Å². The summed E-state index contributed by atoms with van der Waals surface area (Å²) in [5.74, 6) is -8.60. The van der Waals surface area contributed by atoms with E-state index in [2.05, 4.69) is 25.3 Å². The van der Waals surface area contributed by atoms with Gasteiger partial charge in [-0.2, -0.15) is 10.1 Å². The number of ketones is 5. The number of aryl methyl sites for hydroxylation is 1. The molecule has 4 aromatic heterocycles. The number of aliphatic hydroxyl groups excluding tert-OH is 1. The lowest BCUT2D eigenvalue weighted by Gasteiger charge is -2.42. The van der Waals surface area contributed by atoms with Crippen LogP contribution in [0.25, 0.3) is 33.4 Å². The number of fused-ring (bicyclic) bond motifs is 5.